The van der Waals surface area contributed by atoms with Crippen molar-refractivity contribution in [3.05, 3.63) is 58.1 Å². The van der Waals surface area contributed by atoms with Crippen molar-refractivity contribution in [3.8, 4) is 10.4 Å². The molecule has 1 aromatic carbocycles. The number of sulfonamides is 1. The van der Waals surface area contributed by atoms with Crippen molar-refractivity contribution in [2.75, 3.05) is 13.1 Å². The third-order valence-corrected chi connectivity index (χ3v) is 7.44. The second kappa shape index (κ2) is 6.82. The lowest BCUT2D eigenvalue weighted by Crippen LogP contribution is -2.27. The Morgan fingerprint density at radius 3 is 2.69 bits per heavy atom. The number of H-pyrrole nitrogens is 1. The zero-order valence-corrected chi connectivity index (χ0v) is 15.6. The number of hydrogen-bond acceptors (Lipinski definition) is 5. The number of nitrogens with zero attached hydrogens (tertiary/aromatic N) is 3. The van der Waals surface area contributed by atoms with E-state index in [0.717, 1.165) is 28.2 Å². The highest BCUT2D eigenvalue weighted by Crippen LogP contribution is 2.31. The molecule has 0 unspecified atom stereocenters. The average molecular weight is 390 g/mol. The predicted octanol–water partition coefficient (Wildman–Crippen LogP) is 2.13. The largest absolute Gasteiger partial charge is 0.343 e. The third-order valence-electron chi connectivity index (χ3n) is 4.43. The van der Waals surface area contributed by atoms with Crippen molar-refractivity contribution >= 4 is 21.4 Å². The Labute approximate surface area is 155 Å². The standard InChI is InChI=1S/C17H18N4O3S2/c22-17-19-18-12-20(17)11-14-6-7-16(25-14)13-4-3-5-15(10-13)26(23,24)21-8-1-2-9-21/h3-7,10,12H,1-2,8-9,11H2,(H,19,22). The van der Waals surface area contributed by atoms with E-state index in [1.54, 1.807) is 22.5 Å². The molecule has 2 aromatic heterocycles. The van der Waals surface area contributed by atoms with Crippen LogP contribution in [0.2, 0.25) is 0 Å². The summed E-state index contributed by atoms with van der Waals surface area (Å²) >= 11 is 1.53. The molecule has 0 amide bonds. The maximum absolute atomic E-state index is 12.8. The van der Waals surface area contributed by atoms with Gasteiger partial charge in [0.25, 0.3) is 0 Å². The molecule has 1 aliphatic rings. The minimum absolute atomic E-state index is 0.251. The molecule has 0 bridgehead atoms. The molecule has 1 saturated heterocycles. The molecule has 136 valence electrons. The number of aromatic nitrogens is 3. The van der Waals surface area contributed by atoms with Gasteiger partial charge in [-0.05, 0) is 42.7 Å². The van der Waals surface area contributed by atoms with Crippen LogP contribution in [0.4, 0.5) is 0 Å². The topological polar surface area (TPSA) is 88.1 Å². The van der Waals surface area contributed by atoms with E-state index < -0.39 is 10.0 Å². The first-order valence-corrected chi connectivity index (χ1v) is 10.6. The molecule has 3 aromatic rings. The van der Waals surface area contributed by atoms with Gasteiger partial charge in [0, 0.05) is 22.8 Å². The van der Waals surface area contributed by atoms with Gasteiger partial charge in [0.1, 0.15) is 6.33 Å². The van der Waals surface area contributed by atoms with Crippen LogP contribution < -0.4 is 5.69 Å². The van der Waals surface area contributed by atoms with Gasteiger partial charge in [0.05, 0.1) is 11.4 Å². The molecule has 0 aliphatic carbocycles. The van der Waals surface area contributed by atoms with E-state index in [9.17, 15) is 13.2 Å². The number of thiophene rings is 1. The Bertz CT molecular complexity index is 1080. The first-order chi connectivity index (χ1) is 12.5. The zero-order valence-electron chi connectivity index (χ0n) is 14.0. The van der Waals surface area contributed by atoms with E-state index in [2.05, 4.69) is 10.2 Å². The molecule has 9 heteroatoms. The summed E-state index contributed by atoms with van der Waals surface area (Å²) < 4.78 is 28.5. The lowest BCUT2D eigenvalue weighted by Gasteiger charge is -2.15. The summed E-state index contributed by atoms with van der Waals surface area (Å²) in [5, 5.41) is 6.09. The summed E-state index contributed by atoms with van der Waals surface area (Å²) in [5.74, 6) is 0. The molecular weight excluding hydrogens is 372 g/mol. The van der Waals surface area contributed by atoms with Gasteiger partial charge in [-0.3, -0.25) is 4.57 Å². The molecule has 26 heavy (non-hydrogen) atoms. The summed E-state index contributed by atoms with van der Waals surface area (Å²) in [5.41, 5.74) is 0.611. The summed E-state index contributed by atoms with van der Waals surface area (Å²) in [6.07, 6.45) is 3.30. The minimum Gasteiger partial charge on any atom is -0.276 e. The fourth-order valence-corrected chi connectivity index (χ4v) is 5.62. The van der Waals surface area contributed by atoms with Crippen molar-refractivity contribution in [1.82, 2.24) is 19.1 Å². The molecule has 0 spiro atoms. The average Bonchev–Trinajstić information content (AvgIpc) is 3.38. The van der Waals surface area contributed by atoms with E-state index in [1.165, 1.54) is 22.2 Å². The van der Waals surface area contributed by atoms with Crippen molar-refractivity contribution in [2.45, 2.75) is 24.3 Å². The Kier molecular flexibility index (Phi) is 4.51. The number of hydrogen-bond donors (Lipinski definition) is 1. The first kappa shape index (κ1) is 17.2. The highest BCUT2D eigenvalue weighted by Gasteiger charge is 2.27. The normalized spacial score (nSPS) is 15.5. The Hall–Kier alpha value is -2.23. The molecule has 0 saturated carbocycles. The fraction of sp³-hybridized carbons (Fsp3) is 0.294. The number of nitrogens with one attached hydrogen (secondary N) is 1. The molecule has 4 rings (SSSR count). The molecule has 1 fully saturated rings. The number of benzene rings is 1. The van der Waals surface area contributed by atoms with Gasteiger partial charge in [-0.15, -0.1) is 11.3 Å². The van der Waals surface area contributed by atoms with Crippen LogP contribution in [0.5, 0.6) is 0 Å². The van der Waals surface area contributed by atoms with Crippen molar-refractivity contribution < 1.29 is 8.42 Å². The van der Waals surface area contributed by atoms with Gasteiger partial charge in [-0.1, -0.05) is 12.1 Å². The molecule has 3 heterocycles. The van der Waals surface area contributed by atoms with E-state index in [0.29, 0.717) is 24.5 Å². The Morgan fingerprint density at radius 1 is 1.15 bits per heavy atom. The van der Waals surface area contributed by atoms with E-state index >= 15 is 0 Å². The summed E-state index contributed by atoms with van der Waals surface area (Å²) in [7, 11) is -3.43. The van der Waals surface area contributed by atoms with E-state index in [-0.39, 0.29) is 5.69 Å². The zero-order chi connectivity index (χ0) is 18.1. The van der Waals surface area contributed by atoms with Crippen LogP contribution in [-0.2, 0) is 16.6 Å². The highest BCUT2D eigenvalue weighted by atomic mass is 32.2. The molecule has 1 aliphatic heterocycles. The van der Waals surface area contributed by atoms with Crippen molar-refractivity contribution in [3.63, 3.8) is 0 Å². The SMILES string of the molecule is O=c1[nH]ncn1Cc1ccc(-c2cccc(S(=O)(=O)N3CCCC3)c2)s1. The second-order valence-electron chi connectivity index (χ2n) is 6.19. The lowest BCUT2D eigenvalue weighted by molar-refractivity contribution is 0.477. The minimum atomic E-state index is -3.43. The van der Waals surface area contributed by atoms with Gasteiger partial charge in [0.2, 0.25) is 10.0 Å². The molecular formula is C17H18N4O3S2. The monoisotopic (exact) mass is 390 g/mol. The molecule has 7 nitrogen and oxygen atoms in total. The smallest absolute Gasteiger partial charge is 0.276 e. The summed E-state index contributed by atoms with van der Waals surface area (Å²) in [6.45, 7) is 1.62. The lowest BCUT2D eigenvalue weighted by atomic mass is 10.2. The van der Waals surface area contributed by atoms with Crippen LogP contribution in [-0.4, -0.2) is 40.6 Å². The molecule has 0 atom stereocenters. The quantitative estimate of drug-likeness (QED) is 0.723. The second-order valence-corrected chi connectivity index (χ2v) is 9.30. The first-order valence-electron chi connectivity index (χ1n) is 8.33. The molecule has 0 radical (unpaired) electrons. The number of rotatable bonds is 5. The summed E-state index contributed by atoms with van der Waals surface area (Å²) in [4.78, 5) is 13.9. The van der Waals surface area contributed by atoms with Crippen LogP contribution in [0.1, 0.15) is 17.7 Å². The van der Waals surface area contributed by atoms with Gasteiger partial charge in [-0.2, -0.15) is 9.40 Å². The maximum atomic E-state index is 12.8. The maximum Gasteiger partial charge on any atom is 0.343 e. The number of aromatic amines is 1. The fourth-order valence-electron chi connectivity index (χ4n) is 3.06. The van der Waals surface area contributed by atoms with Gasteiger partial charge in [0.15, 0.2) is 0 Å². The van der Waals surface area contributed by atoms with Crippen LogP contribution in [0, 0.1) is 0 Å². The van der Waals surface area contributed by atoms with Crippen LogP contribution in [0.15, 0.2) is 52.4 Å². The van der Waals surface area contributed by atoms with E-state index in [1.807, 2.05) is 18.2 Å². The Morgan fingerprint density at radius 2 is 1.96 bits per heavy atom. The Balaban J connectivity index is 1.61. The third kappa shape index (κ3) is 3.25. The predicted molar refractivity (Wildman–Crippen MR) is 99.7 cm³/mol. The van der Waals surface area contributed by atoms with Crippen LogP contribution in [0.25, 0.3) is 10.4 Å². The highest BCUT2D eigenvalue weighted by molar-refractivity contribution is 7.89. The van der Waals surface area contributed by atoms with Gasteiger partial charge >= 0.3 is 5.69 Å². The van der Waals surface area contributed by atoms with E-state index in [4.69, 9.17) is 0 Å². The molecule has 1 N–H and O–H groups in total. The van der Waals surface area contributed by atoms with Gasteiger partial charge in [-0.25, -0.2) is 18.3 Å². The van der Waals surface area contributed by atoms with Crippen LogP contribution in [0.3, 0.4) is 0 Å². The van der Waals surface area contributed by atoms with Crippen molar-refractivity contribution in [2.24, 2.45) is 0 Å². The van der Waals surface area contributed by atoms with Crippen molar-refractivity contribution in [1.29, 1.82) is 0 Å². The summed E-state index contributed by atoms with van der Waals surface area (Å²) in [6, 6.07) is 11.0. The van der Waals surface area contributed by atoms with Gasteiger partial charge < -0.3 is 0 Å². The van der Waals surface area contributed by atoms with Crippen LogP contribution >= 0.6 is 11.3 Å².